The van der Waals surface area contributed by atoms with Crippen LogP contribution < -0.4 is 0 Å². The van der Waals surface area contributed by atoms with Gasteiger partial charge in [0.25, 0.3) is 0 Å². The molecule has 0 aliphatic carbocycles. The minimum atomic E-state index is -3.67. The minimum Gasteiger partial charge on any atom is -0.480 e. The minimum absolute atomic E-state index is 0.00871. The van der Waals surface area contributed by atoms with Crippen molar-refractivity contribution < 1.29 is 32.6 Å². The molecule has 2 aliphatic heterocycles. The molecule has 0 saturated carbocycles. The number of hydrogen-bond acceptors (Lipinski definition) is 6. The predicted molar refractivity (Wildman–Crippen MR) is 93.2 cm³/mol. The number of carbonyl (C=O) groups is 2. The third-order valence-corrected chi connectivity index (χ3v) is 5.90. The van der Waals surface area contributed by atoms with Gasteiger partial charge in [0.15, 0.2) is 0 Å². The standard InChI is InChI=1S/C16H28N2O7S/c1-12-3-4-13(25-12)5-6-15(19)17-7-8-24-14(9-17)10-18(11-16(20)21)26(2,22)23/h12-14H,3-11H2,1-2H3,(H,20,21). The Balaban J connectivity index is 1.85. The van der Waals surface area contributed by atoms with Gasteiger partial charge in [0.2, 0.25) is 15.9 Å². The summed E-state index contributed by atoms with van der Waals surface area (Å²) in [6.45, 7) is 2.33. The van der Waals surface area contributed by atoms with Crippen molar-refractivity contribution in [2.45, 2.75) is 50.9 Å². The molecular formula is C16H28N2O7S. The maximum Gasteiger partial charge on any atom is 0.318 e. The number of ether oxygens (including phenoxy) is 2. The molecule has 26 heavy (non-hydrogen) atoms. The number of carbonyl (C=O) groups excluding carboxylic acids is 1. The number of aliphatic carboxylic acids is 1. The molecule has 0 aromatic heterocycles. The fourth-order valence-corrected chi connectivity index (χ4v) is 4.07. The first-order valence-corrected chi connectivity index (χ1v) is 10.7. The maximum absolute atomic E-state index is 12.4. The Morgan fingerprint density at radius 3 is 2.58 bits per heavy atom. The zero-order valence-electron chi connectivity index (χ0n) is 15.3. The van der Waals surface area contributed by atoms with Crippen LogP contribution in [0.3, 0.4) is 0 Å². The van der Waals surface area contributed by atoms with Gasteiger partial charge < -0.3 is 19.5 Å². The van der Waals surface area contributed by atoms with Crippen molar-refractivity contribution in [2.24, 2.45) is 0 Å². The van der Waals surface area contributed by atoms with Gasteiger partial charge in [-0.2, -0.15) is 4.31 Å². The van der Waals surface area contributed by atoms with Crippen LogP contribution in [0.2, 0.25) is 0 Å². The summed E-state index contributed by atoms with van der Waals surface area (Å²) in [4.78, 5) is 25.0. The van der Waals surface area contributed by atoms with E-state index in [0.29, 0.717) is 26.0 Å². The largest absolute Gasteiger partial charge is 0.480 e. The third-order valence-electron chi connectivity index (χ3n) is 4.68. The van der Waals surface area contributed by atoms with Crippen molar-refractivity contribution in [3.05, 3.63) is 0 Å². The summed E-state index contributed by atoms with van der Waals surface area (Å²) < 4.78 is 35.6. The van der Waals surface area contributed by atoms with E-state index in [9.17, 15) is 18.0 Å². The average molecular weight is 392 g/mol. The Morgan fingerprint density at radius 2 is 2.00 bits per heavy atom. The van der Waals surface area contributed by atoms with Crippen molar-refractivity contribution in [2.75, 3.05) is 39.0 Å². The number of morpholine rings is 1. The zero-order chi connectivity index (χ0) is 19.3. The molecule has 0 aromatic rings. The van der Waals surface area contributed by atoms with Crippen LogP contribution in [0.4, 0.5) is 0 Å². The second-order valence-electron chi connectivity index (χ2n) is 6.97. The second kappa shape index (κ2) is 9.12. The third kappa shape index (κ3) is 6.49. The lowest BCUT2D eigenvalue weighted by Crippen LogP contribution is -2.51. The van der Waals surface area contributed by atoms with Crippen LogP contribution in [0.25, 0.3) is 0 Å². The second-order valence-corrected chi connectivity index (χ2v) is 8.95. The van der Waals surface area contributed by atoms with E-state index in [-0.39, 0.29) is 31.2 Å². The van der Waals surface area contributed by atoms with Crippen molar-refractivity contribution in [3.8, 4) is 0 Å². The van der Waals surface area contributed by atoms with E-state index in [1.54, 1.807) is 4.90 Å². The van der Waals surface area contributed by atoms with Gasteiger partial charge in [-0.15, -0.1) is 0 Å². The van der Waals surface area contributed by atoms with E-state index < -0.39 is 28.6 Å². The van der Waals surface area contributed by atoms with E-state index in [0.717, 1.165) is 23.4 Å². The van der Waals surface area contributed by atoms with Gasteiger partial charge in [-0.05, 0) is 26.2 Å². The number of sulfonamides is 1. The first-order chi connectivity index (χ1) is 12.1. The van der Waals surface area contributed by atoms with Crippen molar-refractivity contribution in [1.29, 1.82) is 0 Å². The highest BCUT2D eigenvalue weighted by molar-refractivity contribution is 7.88. The quantitative estimate of drug-likeness (QED) is 0.614. The molecule has 150 valence electrons. The molecule has 2 rings (SSSR count). The van der Waals surface area contributed by atoms with Gasteiger partial charge >= 0.3 is 5.97 Å². The molecule has 1 amide bonds. The number of nitrogens with zero attached hydrogens (tertiary/aromatic N) is 2. The molecule has 3 atom stereocenters. The van der Waals surface area contributed by atoms with Crippen LogP contribution in [0.1, 0.15) is 32.6 Å². The summed E-state index contributed by atoms with van der Waals surface area (Å²) in [5.74, 6) is -1.24. The molecule has 9 nitrogen and oxygen atoms in total. The molecule has 0 bridgehead atoms. The van der Waals surface area contributed by atoms with Gasteiger partial charge in [-0.1, -0.05) is 0 Å². The molecule has 0 spiro atoms. The van der Waals surface area contributed by atoms with Gasteiger partial charge in [-0.3, -0.25) is 9.59 Å². The van der Waals surface area contributed by atoms with E-state index in [1.165, 1.54) is 0 Å². The first-order valence-electron chi connectivity index (χ1n) is 8.87. The Bertz CT molecular complexity index is 610. The lowest BCUT2D eigenvalue weighted by molar-refractivity contribution is -0.141. The highest BCUT2D eigenvalue weighted by Crippen LogP contribution is 2.23. The topological polar surface area (TPSA) is 113 Å². The lowest BCUT2D eigenvalue weighted by atomic mass is 10.1. The summed E-state index contributed by atoms with van der Waals surface area (Å²) in [7, 11) is -3.67. The SMILES string of the molecule is CC1CCC(CCC(=O)N2CCOC(CN(CC(=O)O)S(C)(=O)=O)C2)O1. The first kappa shape index (κ1) is 21.1. The number of carboxylic acids is 1. The van der Waals surface area contributed by atoms with Crippen LogP contribution in [0.15, 0.2) is 0 Å². The van der Waals surface area contributed by atoms with E-state index in [4.69, 9.17) is 14.6 Å². The summed E-state index contributed by atoms with van der Waals surface area (Å²) in [6, 6.07) is 0. The van der Waals surface area contributed by atoms with Gasteiger partial charge in [0, 0.05) is 26.1 Å². The Labute approximate surface area is 154 Å². The van der Waals surface area contributed by atoms with E-state index >= 15 is 0 Å². The number of amides is 1. The van der Waals surface area contributed by atoms with Crippen molar-refractivity contribution >= 4 is 21.9 Å². The molecular weight excluding hydrogens is 364 g/mol. The molecule has 3 unspecified atom stereocenters. The van der Waals surface area contributed by atoms with Crippen molar-refractivity contribution in [1.82, 2.24) is 9.21 Å². The lowest BCUT2D eigenvalue weighted by Gasteiger charge is -2.35. The summed E-state index contributed by atoms with van der Waals surface area (Å²) >= 11 is 0. The Hall–Kier alpha value is -1.23. The van der Waals surface area contributed by atoms with Crippen LogP contribution in [-0.4, -0.2) is 92.0 Å². The molecule has 2 saturated heterocycles. The zero-order valence-corrected chi connectivity index (χ0v) is 16.1. The van der Waals surface area contributed by atoms with E-state index in [1.807, 2.05) is 6.92 Å². The fourth-order valence-electron chi connectivity index (χ4n) is 3.29. The van der Waals surface area contributed by atoms with Crippen LogP contribution >= 0.6 is 0 Å². The summed E-state index contributed by atoms with van der Waals surface area (Å²) in [5.41, 5.74) is 0. The highest BCUT2D eigenvalue weighted by Gasteiger charge is 2.30. The monoisotopic (exact) mass is 392 g/mol. The summed E-state index contributed by atoms with van der Waals surface area (Å²) in [6.07, 6.45) is 3.85. The maximum atomic E-state index is 12.4. The molecule has 0 radical (unpaired) electrons. The number of hydrogen-bond donors (Lipinski definition) is 1. The molecule has 2 fully saturated rings. The molecule has 2 heterocycles. The molecule has 2 aliphatic rings. The average Bonchev–Trinajstić information content (AvgIpc) is 2.96. The number of rotatable bonds is 8. The molecule has 1 N–H and O–H groups in total. The van der Waals surface area contributed by atoms with Crippen LogP contribution in [0.5, 0.6) is 0 Å². The van der Waals surface area contributed by atoms with Gasteiger partial charge in [0.05, 0.1) is 31.2 Å². The fraction of sp³-hybridized carbons (Fsp3) is 0.875. The normalized spacial score (nSPS) is 27.0. The van der Waals surface area contributed by atoms with Gasteiger partial charge in [0.1, 0.15) is 6.54 Å². The predicted octanol–water partition coefficient (Wildman–Crippen LogP) is -0.0923. The van der Waals surface area contributed by atoms with Crippen molar-refractivity contribution in [3.63, 3.8) is 0 Å². The highest BCUT2D eigenvalue weighted by atomic mass is 32.2. The van der Waals surface area contributed by atoms with Gasteiger partial charge in [-0.25, -0.2) is 8.42 Å². The molecule has 0 aromatic carbocycles. The smallest absolute Gasteiger partial charge is 0.318 e. The van der Waals surface area contributed by atoms with Crippen LogP contribution in [-0.2, 0) is 29.1 Å². The Morgan fingerprint density at radius 1 is 1.27 bits per heavy atom. The summed E-state index contributed by atoms with van der Waals surface area (Å²) in [5, 5.41) is 8.89. The molecule has 10 heteroatoms. The van der Waals surface area contributed by atoms with E-state index in [2.05, 4.69) is 0 Å². The number of carboxylic acid groups (broad SMARTS) is 1. The Kier molecular flexibility index (Phi) is 7.39. The van der Waals surface area contributed by atoms with Crippen LogP contribution in [0, 0.1) is 0 Å².